The standard InChI is InChI=1S/C19H21FN2O2/c1-23-18-12-17(22-9-3-4-10-22)19(24-2)11-14(18)13-21-16-7-5-15(20)6-8-16/h5-8,11-13H,3-4,9-10H2,1-2H3. The minimum absolute atomic E-state index is 0.275. The molecule has 2 aromatic carbocycles. The maximum atomic E-state index is 13.0. The number of rotatable bonds is 5. The minimum atomic E-state index is -0.275. The van der Waals surface area contributed by atoms with E-state index in [0.29, 0.717) is 5.69 Å². The fourth-order valence-electron chi connectivity index (χ4n) is 2.88. The Hall–Kier alpha value is -2.56. The average molecular weight is 328 g/mol. The van der Waals surface area contributed by atoms with Crippen LogP contribution in [0.25, 0.3) is 0 Å². The molecule has 5 heteroatoms. The second-order valence-electron chi connectivity index (χ2n) is 5.69. The molecule has 1 aliphatic heterocycles. The first-order chi connectivity index (χ1) is 11.7. The van der Waals surface area contributed by atoms with Gasteiger partial charge in [0.25, 0.3) is 0 Å². The maximum absolute atomic E-state index is 13.0. The van der Waals surface area contributed by atoms with Crippen LogP contribution in [0.1, 0.15) is 18.4 Å². The SMILES string of the molecule is COc1cc(N2CCCC2)c(OC)cc1C=Nc1ccc(F)cc1. The van der Waals surface area contributed by atoms with Crippen molar-refractivity contribution in [1.29, 1.82) is 0 Å². The van der Waals surface area contributed by atoms with E-state index in [1.807, 2.05) is 12.1 Å². The molecule has 0 N–H and O–H groups in total. The third-order valence-corrected chi connectivity index (χ3v) is 4.16. The van der Waals surface area contributed by atoms with Gasteiger partial charge in [0.1, 0.15) is 17.3 Å². The number of nitrogens with zero attached hydrogens (tertiary/aromatic N) is 2. The van der Waals surface area contributed by atoms with Crippen LogP contribution in [0.3, 0.4) is 0 Å². The zero-order valence-corrected chi connectivity index (χ0v) is 14.0. The predicted molar refractivity (Wildman–Crippen MR) is 94.6 cm³/mol. The van der Waals surface area contributed by atoms with Crippen LogP contribution in [0.4, 0.5) is 15.8 Å². The van der Waals surface area contributed by atoms with Crippen molar-refractivity contribution in [1.82, 2.24) is 0 Å². The summed E-state index contributed by atoms with van der Waals surface area (Å²) in [5.41, 5.74) is 2.55. The van der Waals surface area contributed by atoms with Crippen LogP contribution in [-0.4, -0.2) is 33.5 Å². The van der Waals surface area contributed by atoms with Gasteiger partial charge < -0.3 is 14.4 Å². The molecule has 0 spiro atoms. The zero-order valence-electron chi connectivity index (χ0n) is 14.0. The van der Waals surface area contributed by atoms with E-state index < -0.39 is 0 Å². The Labute approximate surface area is 141 Å². The van der Waals surface area contributed by atoms with E-state index in [9.17, 15) is 4.39 Å². The summed E-state index contributed by atoms with van der Waals surface area (Å²) < 4.78 is 24.0. The van der Waals surface area contributed by atoms with Crippen molar-refractivity contribution >= 4 is 17.6 Å². The number of halogens is 1. The maximum Gasteiger partial charge on any atom is 0.143 e. The Kier molecular flexibility index (Phi) is 4.99. The van der Waals surface area contributed by atoms with Gasteiger partial charge in [-0.25, -0.2) is 4.39 Å². The van der Waals surface area contributed by atoms with Crippen molar-refractivity contribution in [2.24, 2.45) is 4.99 Å². The van der Waals surface area contributed by atoms with Crippen LogP contribution < -0.4 is 14.4 Å². The van der Waals surface area contributed by atoms with Gasteiger partial charge in [0.2, 0.25) is 0 Å². The summed E-state index contributed by atoms with van der Waals surface area (Å²) in [6, 6.07) is 9.97. The van der Waals surface area contributed by atoms with Gasteiger partial charge in [0.05, 0.1) is 25.6 Å². The van der Waals surface area contributed by atoms with E-state index in [0.717, 1.165) is 35.8 Å². The Morgan fingerprint density at radius 2 is 1.67 bits per heavy atom. The lowest BCUT2D eigenvalue weighted by Gasteiger charge is -2.22. The summed E-state index contributed by atoms with van der Waals surface area (Å²) in [5.74, 6) is 1.27. The Morgan fingerprint density at radius 1 is 1.00 bits per heavy atom. The smallest absolute Gasteiger partial charge is 0.143 e. The molecule has 0 amide bonds. The van der Waals surface area contributed by atoms with Crippen LogP contribution in [0.2, 0.25) is 0 Å². The van der Waals surface area contributed by atoms with Crippen molar-refractivity contribution in [3.8, 4) is 11.5 Å². The highest BCUT2D eigenvalue weighted by atomic mass is 19.1. The summed E-state index contributed by atoms with van der Waals surface area (Å²) in [5, 5.41) is 0. The number of anilines is 1. The molecule has 2 aromatic rings. The summed E-state index contributed by atoms with van der Waals surface area (Å²) in [4.78, 5) is 6.70. The first kappa shape index (κ1) is 16.3. The van der Waals surface area contributed by atoms with Gasteiger partial charge in [0.15, 0.2) is 0 Å². The van der Waals surface area contributed by atoms with Crippen LogP contribution in [-0.2, 0) is 0 Å². The summed E-state index contributed by atoms with van der Waals surface area (Å²) >= 11 is 0. The predicted octanol–water partition coefficient (Wildman–Crippen LogP) is 4.19. The van der Waals surface area contributed by atoms with Gasteiger partial charge in [0, 0.05) is 30.9 Å². The van der Waals surface area contributed by atoms with Crippen molar-refractivity contribution in [3.05, 3.63) is 47.8 Å². The highest BCUT2D eigenvalue weighted by molar-refractivity contribution is 5.88. The third kappa shape index (κ3) is 3.50. The van der Waals surface area contributed by atoms with E-state index in [1.165, 1.54) is 25.0 Å². The molecule has 0 radical (unpaired) electrons. The van der Waals surface area contributed by atoms with Gasteiger partial charge in [-0.15, -0.1) is 0 Å². The van der Waals surface area contributed by atoms with E-state index in [2.05, 4.69) is 9.89 Å². The van der Waals surface area contributed by atoms with Crippen LogP contribution in [0.5, 0.6) is 11.5 Å². The first-order valence-electron chi connectivity index (χ1n) is 8.02. The minimum Gasteiger partial charge on any atom is -0.496 e. The molecule has 0 aliphatic carbocycles. The molecule has 0 saturated carbocycles. The molecule has 0 bridgehead atoms. The molecule has 4 nitrogen and oxygen atoms in total. The molecule has 0 aromatic heterocycles. The number of aliphatic imine (C=N–C) groups is 1. The monoisotopic (exact) mass is 328 g/mol. The number of ether oxygens (including phenoxy) is 2. The first-order valence-corrected chi connectivity index (χ1v) is 8.02. The second kappa shape index (κ2) is 7.34. The second-order valence-corrected chi connectivity index (χ2v) is 5.69. The van der Waals surface area contributed by atoms with Gasteiger partial charge in [-0.1, -0.05) is 0 Å². The van der Waals surface area contributed by atoms with Crippen LogP contribution >= 0.6 is 0 Å². The van der Waals surface area contributed by atoms with Crippen LogP contribution in [0.15, 0.2) is 41.4 Å². The van der Waals surface area contributed by atoms with E-state index >= 15 is 0 Å². The molecular formula is C19H21FN2O2. The molecule has 24 heavy (non-hydrogen) atoms. The van der Waals surface area contributed by atoms with Crippen molar-refractivity contribution < 1.29 is 13.9 Å². The number of hydrogen-bond donors (Lipinski definition) is 0. The molecule has 126 valence electrons. The average Bonchev–Trinajstić information content (AvgIpc) is 3.15. The van der Waals surface area contributed by atoms with Crippen LogP contribution in [0, 0.1) is 5.82 Å². The lowest BCUT2D eigenvalue weighted by molar-refractivity contribution is 0.402. The summed E-state index contributed by atoms with van der Waals surface area (Å²) in [6.45, 7) is 2.06. The van der Waals surface area contributed by atoms with Gasteiger partial charge in [-0.05, 0) is 43.2 Å². The summed E-state index contributed by atoms with van der Waals surface area (Å²) in [7, 11) is 3.31. The molecule has 1 saturated heterocycles. The Bertz CT molecular complexity index is 723. The number of benzene rings is 2. The Balaban J connectivity index is 1.93. The van der Waals surface area contributed by atoms with Gasteiger partial charge in [-0.3, -0.25) is 4.99 Å². The third-order valence-electron chi connectivity index (χ3n) is 4.16. The van der Waals surface area contributed by atoms with Gasteiger partial charge >= 0.3 is 0 Å². The normalized spacial score (nSPS) is 14.4. The molecule has 0 atom stereocenters. The quantitative estimate of drug-likeness (QED) is 0.772. The summed E-state index contributed by atoms with van der Waals surface area (Å²) in [6.07, 6.45) is 4.10. The van der Waals surface area contributed by atoms with E-state index in [1.54, 1.807) is 32.6 Å². The van der Waals surface area contributed by atoms with Crippen molar-refractivity contribution in [2.75, 3.05) is 32.2 Å². The van der Waals surface area contributed by atoms with E-state index in [4.69, 9.17) is 9.47 Å². The largest absolute Gasteiger partial charge is 0.496 e. The zero-order chi connectivity index (χ0) is 16.9. The van der Waals surface area contributed by atoms with E-state index in [-0.39, 0.29) is 5.82 Å². The molecule has 1 aliphatic rings. The number of methoxy groups -OCH3 is 2. The molecule has 1 heterocycles. The molecule has 1 fully saturated rings. The Morgan fingerprint density at radius 3 is 2.29 bits per heavy atom. The highest BCUT2D eigenvalue weighted by Gasteiger charge is 2.19. The van der Waals surface area contributed by atoms with Crippen molar-refractivity contribution in [3.63, 3.8) is 0 Å². The molecule has 3 rings (SSSR count). The number of hydrogen-bond acceptors (Lipinski definition) is 4. The highest BCUT2D eigenvalue weighted by Crippen LogP contribution is 2.36. The topological polar surface area (TPSA) is 34.1 Å². The van der Waals surface area contributed by atoms with Gasteiger partial charge in [-0.2, -0.15) is 0 Å². The lowest BCUT2D eigenvalue weighted by atomic mass is 10.1. The fourth-order valence-corrected chi connectivity index (χ4v) is 2.88. The fraction of sp³-hybridized carbons (Fsp3) is 0.316. The molecular weight excluding hydrogens is 307 g/mol. The molecule has 0 unspecified atom stereocenters. The van der Waals surface area contributed by atoms with Crippen molar-refractivity contribution in [2.45, 2.75) is 12.8 Å². The lowest BCUT2D eigenvalue weighted by Crippen LogP contribution is -2.18.